The first-order valence-corrected chi connectivity index (χ1v) is 5.61. The van der Waals surface area contributed by atoms with Gasteiger partial charge in [0.25, 0.3) is 5.84 Å². The van der Waals surface area contributed by atoms with Crippen LogP contribution in [0, 0.1) is 0 Å². The number of allylic oxidation sites excluding steroid dienone is 1. The summed E-state index contributed by atoms with van der Waals surface area (Å²) in [5.41, 5.74) is 2.32. The Balaban J connectivity index is 2.76. The van der Waals surface area contributed by atoms with Crippen LogP contribution in [0.4, 0.5) is 0 Å². The summed E-state index contributed by atoms with van der Waals surface area (Å²) in [5, 5.41) is 0.472. The summed E-state index contributed by atoms with van der Waals surface area (Å²) < 4.78 is 0. The van der Waals surface area contributed by atoms with E-state index < -0.39 is 0 Å². The zero-order valence-electron chi connectivity index (χ0n) is 7.58. The number of nitrogens with zero attached hydrogens (tertiary/aromatic N) is 1. The van der Waals surface area contributed by atoms with Gasteiger partial charge in [0, 0.05) is 23.7 Å². The van der Waals surface area contributed by atoms with Gasteiger partial charge in [-0.1, -0.05) is 13.2 Å². The van der Waals surface area contributed by atoms with Crippen molar-refractivity contribution in [3.05, 3.63) is 24.6 Å². The van der Waals surface area contributed by atoms with Gasteiger partial charge in [-0.3, -0.25) is 0 Å². The topological polar surface area (TPSA) is 3.24 Å². The number of thiol groups is 1. The van der Waals surface area contributed by atoms with Crippen LogP contribution in [0.25, 0.3) is 0 Å². The summed E-state index contributed by atoms with van der Waals surface area (Å²) in [4.78, 5) is 2.09. The van der Waals surface area contributed by atoms with Crippen molar-refractivity contribution in [3.63, 3.8) is 0 Å². The van der Waals surface area contributed by atoms with Crippen LogP contribution < -0.4 is 0 Å². The highest BCUT2D eigenvalue weighted by molar-refractivity contribution is 8.44. The fraction of sp³-hybridized carbons (Fsp3) is 0.429. The minimum absolute atomic E-state index is 0.472. The molecular formula is C7H13B2NS2. The third-order valence-electron chi connectivity index (χ3n) is 2.42. The monoisotopic (exact) mass is 197 g/mol. The molecule has 0 aromatic carbocycles. The van der Waals surface area contributed by atoms with Crippen LogP contribution in [0.5, 0.6) is 0 Å². The minimum Gasteiger partial charge on any atom is -0.352 e. The van der Waals surface area contributed by atoms with Crippen molar-refractivity contribution in [1.29, 1.82) is 0 Å². The Kier molecular flexibility index (Phi) is 3.29. The van der Waals surface area contributed by atoms with Crippen LogP contribution in [0.3, 0.4) is 0 Å². The zero-order chi connectivity index (χ0) is 9.30. The smallest absolute Gasteiger partial charge is 0.253 e. The lowest BCUT2D eigenvalue weighted by atomic mass is 9.84. The van der Waals surface area contributed by atoms with E-state index in [4.69, 9.17) is 0 Å². The van der Waals surface area contributed by atoms with Crippen LogP contribution in [0.2, 0.25) is 5.82 Å². The molecule has 1 aliphatic rings. The lowest BCUT2D eigenvalue weighted by Crippen LogP contribution is -2.10. The molecular weight excluding hydrogens is 184 g/mol. The number of likely N-dealkylation sites (tertiary alicyclic amines) is 1. The second-order valence-electron chi connectivity index (χ2n) is 3.05. The van der Waals surface area contributed by atoms with E-state index in [1.165, 1.54) is 5.70 Å². The molecule has 64 valence electrons. The molecule has 1 heterocycles. The fourth-order valence-electron chi connectivity index (χ4n) is 1.46. The molecule has 1 nitrogen and oxygen atoms in total. The van der Waals surface area contributed by atoms with Crippen molar-refractivity contribution >= 4 is 37.8 Å². The van der Waals surface area contributed by atoms with Crippen LogP contribution in [0.15, 0.2) is 24.6 Å². The molecule has 2 atom stereocenters. The molecule has 0 aromatic heterocycles. The van der Waals surface area contributed by atoms with Gasteiger partial charge in [0.05, 0.1) is 0 Å². The SMILES string of the molecule is BC1C(=C)N(C)C(=C)C1SBS. The molecule has 0 spiro atoms. The molecule has 12 heavy (non-hydrogen) atoms. The first-order valence-electron chi connectivity index (χ1n) is 3.93. The lowest BCUT2D eigenvalue weighted by Gasteiger charge is -2.14. The van der Waals surface area contributed by atoms with Gasteiger partial charge in [-0.25, -0.2) is 12.5 Å². The largest absolute Gasteiger partial charge is 0.352 e. The van der Waals surface area contributed by atoms with Crippen molar-refractivity contribution in [2.45, 2.75) is 11.1 Å². The van der Waals surface area contributed by atoms with Crippen LogP contribution >= 0.6 is 24.1 Å². The van der Waals surface area contributed by atoms with Crippen molar-refractivity contribution in [2.75, 3.05) is 7.05 Å². The number of hydrogen-bond acceptors (Lipinski definition) is 3. The second-order valence-corrected chi connectivity index (χ2v) is 4.92. The van der Waals surface area contributed by atoms with E-state index in [1.807, 2.05) is 18.7 Å². The minimum atomic E-state index is 0.472. The molecule has 2 unspecified atom stereocenters. The Morgan fingerprint density at radius 2 is 2.17 bits per heavy atom. The summed E-state index contributed by atoms with van der Waals surface area (Å²) in [6.45, 7) is 8.07. The van der Waals surface area contributed by atoms with E-state index in [0.717, 1.165) is 11.5 Å². The van der Waals surface area contributed by atoms with Gasteiger partial charge in [-0.15, -0.1) is 0 Å². The maximum absolute atomic E-state index is 4.21. The predicted molar refractivity (Wildman–Crippen MR) is 65.9 cm³/mol. The molecule has 0 aliphatic carbocycles. The molecule has 5 heteroatoms. The highest BCUT2D eigenvalue weighted by Crippen LogP contribution is 2.42. The van der Waals surface area contributed by atoms with Crippen LogP contribution in [0.1, 0.15) is 0 Å². The van der Waals surface area contributed by atoms with Gasteiger partial charge in [0.2, 0.25) is 0 Å². The first kappa shape index (κ1) is 10.2. The van der Waals surface area contributed by atoms with E-state index >= 15 is 0 Å². The fourth-order valence-corrected chi connectivity index (χ4v) is 2.90. The first-order chi connectivity index (χ1) is 5.59. The quantitative estimate of drug-likeness (QED) is 0.512. The van der Waals surface area contributed by atoms with Gasteiger partial charge < -0.3 is 4.90 Å². The maximum atomic E-state index is 4.21. The molecule has 1 aliphatic heterocycles. The van der Waals surface area contributed by atoms with Gasteiger partial charge >= 0.3 is 0 Å². The van der Waals surface area contributed by atoms with E-state index in [2.05, 4.69) is 38.4 Å². The zero-order valence-corrected chi connectivity index (χ0v) is 9.29. The Hall–Kier alpha value is 0.110. The normalized spacial score (nSPS) is 29.7. The number of rotatable bonds is 2. The van der Waals surface area contributed by atoms with Crippen molar-refractivity contribution in [1.82, 2.24) is 4.90 Å². The van der Waals surface area contributed by atoms with Gasteiger partial charge in [0.15, 0.2) is 0 Å². The van der Waals surface area contributed by atoms with E-state index in [1.54, 1.807) is 0 Å². The van der Waals surface area contributed by atoms with Crippen molar-refractivity contribution in [3.8, 4) is 0 Å². The van der Waals surface area contributed by atoms with E-state index in [0.29, 0.717) is 11.1 Å². The summed E-state index contributed by atoms with van der Waals surface area (Å²) in [6.07, 6.45) is 0. The molecule has 1 saturated heterocycles. The molecule has 0 saturated carbocycles. The Labute approximate surface area is 85.5 Å². The predicted octanol–water partition coefficient (Wildman–Crippen LogP) is 0.679. The molecule has 0 bridgehead atoms. The summed E-state index contributed by atoms with van der Waals surface area (Å²) in [7, 11) is 4.22. The Morgan fingerprint density at radius 3 is 2.50 bits per heavy atom. The molecule has 0 radical (unpaired) electrons. The molecule has 1 fully saturated rings. The highest BCUT2D eigenvalue weighted by atomic mass is 32.2. The van der Waals surface area contributed by atoms with E-state index in [9.17, 15) is 0 Å². The lowest BCUT2D eigenvalue weighted by molar-refractivity contribution is 0.565. The standard InChI is InChI=1S/C7H13B2NS2/c1-4-6(8)7(12-9-11)5(2)10(4)3/h6-7,9,11H,1-2,8H2,3H3. The van der Waals surface area contributed by atoms with Gasteiger partial charge in [0.1, 0.15) is 7.85 Å². The average molecular weight is 197 g/mol. The van der Waals surface area contributed by atoms with Gasteiger partial charge in [-0.2, -0.15) is 11.6 Å². The third kappa shape index (κ3) is 1.57. The molecule has 0 aromatic rings. The van der Waals surface area contributed by atoms with Crippen molar-refractivity contribution in [2.24, 2.45) is 0 Å². The van der Waals surface area contributed by atoms with Crippen LogP contribution in [-0.4, -0.2) is 30.9 Å². The summed E-state index contributed by atoms with van der Waals surface area (Å²) >= 11 is 6.03. The Bertz CT molecular complexity index is 219. The molecule has 1 rings (SSSR count). The number of hydrogen-bond donors (Lipinski definition) is 1. The second kappa shape index (κ2) is 3.88. The summed E-state index contributed by atoms with van der Waals surface area (Å²) in [6, 6.07) is 0. The van der Waals surface area contributed by atoms with Crippen LogP contribution in [-0.2, 0) is 0 Å². The van der Waals surface area contributed by atoms with Crippen molar-refractivity contribution < 1.29 is 0 Å². The van der Waals surface area contributed by atoms with Gasteiger partial charge in [-0.05, 0) is 5.82 Å². The molecule has 0 N–H and O–H groups in total. The Morgan fingerprint density at radius 1 is 1.58 bits per heavy atom. The summed E-state index contributed by atoms with van der Waals surface area (Å²) in [5.74, 6) is 1.34. The average Bonchev–Trinajstić information content (AvgIpc) is 2.23. The third-order valence-corrected chi connectivity index (χ3v) is 4.06. The maximum Gasteiger partial charge on any atom is 0.253 e. The highest BCUT2D eigenvalue weighted by Gasteiger charge is 2.33. The molecule has 0 amide bonds. The van der Waals surface area contributed by atoms with E-state index in [-0.39, 0.29) is 0 Å².